The molecule has 6 nitrogen and oxygen atoms in total. The summed E-state index contributed by atoms with van der Waals surface area (Å²) in [6.45, 7) is 3.81. The summed E-state index contributed by atoms with van der Waals surface area (Å²) in [6, 6.07) is 3.66. The molecule has 0 spiro atoms. The Balaban J connectivity index is 1.51. The van der Waals surface area contributed by atoms with Crippen molar-refractivity contribution in [3.63, 3.8) is 0 Å². The molecule has 5 rings (SSSR count). The fraction of sp³-hybridized carbons (Fsp3) is 0.381. The first-order valence-electron chi connectivity index (χ1n) is 9.31. The van der Waals surface area contributed by atoms with Crippen LogP contribution in [0.25, 0.3) is 5.57 Å². The first kappa shape index (κ1) is 17.6. The quantitative estimate of drug-likeness (QED) is 0.785. The topological polar surface area (TPSA) is 85.7 Å². The van der Waals surface area contributed by atoms with Gasteiger partial charge in [-0.15, -0.1) is 0 Å². The molecule has 2 bridgehead atoms. The van der Waals surface area contributed by atoms with Gasteiger partial charge in [-0.25, -0.2) is 4.98 Å². The van der Waals surface area contributed by atoms with Crippen LogP contribution in [0.4, 0.5) is 0 Å². The van der Waals surface area contributed by atoms with Gasteiger partial charge in [0, 0.05) is 0 Å². The Morgan fingerprint density at radius 2 is 1.89 bits per heavy atom. The lowest BCUT2D eigenvalue weighted by molar-refractivity contribution is -0.118. The van der Waals surface area contributed by atoms with E-state index in [2.05, 4.69) is 4.98 Å². The number of ketones is 1. The van der Waals surface area contributed by atoms with Crippen molar-refractivity contribution < 1.29 is 24.2 Å². The molecule has 1 aromatic carbocycles. The van der Waals surface area contributed by atoms with Crippen LogP contribution in [-0.4, -0.2) is 34.4 Å². The van der Waals surface area contributed by atoms with Gasteiger partial charge in [-0.1, -0.05) is 11.3 Å². The normalized spacial score (nSPS) is 28.1. The minimum absolute atomic E-state index is 0.00915. The van der Waals surface area contributed by atoms with Gasteiger partial charge in [0.1, 0.15) is 11.5 Å². The standard InChI is InChI=1S/C21H19NO5S/c1-9-5-11(26-21-22-7-12(8-23)28-21)6-10(2)15(9)18-19(24)16-13-3-4-14(27-13)17(16)20(18)25/h5-8,13-14,16-17,24H,3-4H2,1-2H3/t13-,14+,16-,17+/m1/s1. The maximum Gasteiger partial charge on any atom is 0.279 e. The fourth-order valence-corrected chi connectivity index (χ4v) is 5.52. The Labute approximate surface area is 165 Å². The summed E-state index contributed by atoms with van der Waals surface area (Å²) in [7, 11) is 0. The number of carbonyl (C=O) groups is 2. The Morgan fingerprint density at radius 1 is 1.21 bits per heavy atom. The molecule has 3 aliphatic rings. The van der Waals surface area contributed by atoms with Gasteiger partial charge in [-0.05, 0) is 55.5 Å². The molecule has 1 aromatic heterocycles. The highest BCUT2D eigenvalue weighted by Crippen LogP contribution is 2.54. The number of ether oxygens (including phenoxy) is 2. The molecule has 3 heterocycles. The molecule has 2 fully saturated rings. The van der Waals surface area contributed by atoms with Gasteiger partial charge in [-0.3, -0.25) is 9.59 Å². The molecular formula is C21H19NO5S. The molecule has 0 amide bonds. The van der Waals surface area contributed by atoms with Crippen molar-refractivity contribution in [3.05, 3.63) is 45.7 Å². The fourth-order valence-electron chi connectivity index (χ4n) is 4.92. The van der Waals surface area contributed by atoms with Gasteiger partial charge in [-0.2, -0.15) is 0 Å². The molecule has 0 saturated carbocycles. The lowest BCUT2D eigenvalue weighted by atomic mass is 9.80. The maximum atomic E-state index is 13.1. The van der Waals surface area contributed by atoms with E-state index in [1.165, 1.54) is 17.5 Å². The van der Waals surface area contributed by atoms with Crippen LogP contribution in [0.5, 0.6) is 10.9 Å². The van der Waals surface area contributed by atoms with E-state index in [1.54, 1.807) is 0 Å². The number of carbonyl (C=O) groups excluding carboxylic acids is 2. The highest BCUT2D eigenvalue weighted by molar-refractivity contribution is 7.15. The summed E-state index contributed by atoms with van der Waals surface area (Å²) in [4.78, 5) is 28.5. The van der Waals surface area contributed by atoms with Gasteiger partial charge >= 0.3 is 0 Å². The third-order valence-corrected chi connectivity index (χ3v) is 6.77. The van der Waals surface area contributed by atoms with E-state index in [0.717, 1.165) is 35.8 Å². The second-order valence-corrected chi connectivity index (χ2v) is 8.67. The minimum atomic E-state index is -0.249. The van der Waals surface area contributed by atoms with Gasteiger partial charge in [0.25, 0.3) is 5.19 Å². The number of nitrogens with zero attached hydrogens (tertiary/aromatic N) is 1. The monoisotopic (exact) mass is 397 g/mol. The van der Waals surface area contributed by atoms with Crippen molar-refractivity contribution in [2.24, 2.45) is 11.8 Å². The van der Waals surface area contributed by atoms with Crippen LogP contribution in [0, 0.1) is 25.7 Å². The smallest absolute Gasteiger partial charge is 0.279 e. The molecule has 7 heteroatoms. The number of hydrogen-bond acceptors (Lipinski definition) is 7. The number of benzene rings is 1. The van der Waals surface area contributed by atoms with Crippen LogP contribution in [0.15, 0.2) is 24.1 Å². The number of aliphatic hydroxyl groups excluding tert-OH is 1. The maximum absolute atomic E-state index is 13.1. The van der Waals surface area contributed by atoms with Gasteiger partial charge in [0.15, 0.2) is 12.1 Å². The molecule has 28 heavy (non-hydrogen) atoms. The molecule has 2 saturated heterocycles. The van der Waals surface area contributed by atoms with Crippen LogP contribution < -0.4 is 4.74 Å². The van der Waals surface area contributed by atoms with E-state index < -0.39 is 0 Å². The molecule has 4 atom stereocenters. The number of aryl methyl sites for hydroxylation is 2. The Hall–Kier alpha value is -2.51. The zero-order chi connectivity index (χ0) is 19.6. The van der Waals surface area contributed by atoms with Crippen LogP contribution in [0.3, 0.4) is 0 Å². The molecule has 0 unspecified atom stereocenters. The van der Waals surface area contributed by atoms with Gasteiger partial charge in [0.05, 0.1) is 40.7 Å². The van der Waals surface area contributed by atoms with Gasteiger partial charge < -0.3 is 14.6 Å². The summed E-state index contributed by atoms with van der Waals surface area (Å²) in [5.41, 5.74) is 2.92. The molecule has 2 aromatic rings. The average Bonchev–Trinajstić information content (AvgIpc) is 3.41. The van der Waals surface area contributed by atoms with Crippen molar-refractivity contribution in [1.29, 1.82) is 0 Å². The van der Waals surface area contributed by atoms with Gasteiger partial charge in [0.2, 0.25) is 0 Å². The zero-order valence-corrected chi connectivity index (χ0v) is 16.3. The SMILES string of the molecule is Cc1cc(Oc2ncc(C=O)s2)cc(C)c1C1=C(O)[C@H]2[C@@H](C1=O)[C@@H]1CC[C@H]2O1. The lowest BCUT2D eigenvalue weighted by Gasteiger charge is -2.19. The van der Waals surface area contributed by atoms with Crippen molar-refractivity contribution in [3.8, 4) is 10.9 Å². The van der Waals surface area contributed by atoms with E-state index in [-0.39, 0.29) is 35.6 Å². The molecule has 1 aliphatic carbocycles. The first-order valence-corrected chi connectivity index (χ1v) is 10.1. The predicted molar refractivity (Wildman–Crippen MR) is 103 cm³/mol. The number of Topliss-reactive ketones (excluding diaryl/α,β-unsaturated/α-hetero) is 1. The Morgan fingerprint density at radius 3 is 2.50 bits per heavy atom. The second kappa shape index (κ2) is 6.25. The number of hydrogen-bond donors (Lipinski definition) is 1. The Kier molecular flexibility index (Phi) is 3.93. The lowest BCUT2D eigenvalue weighted by Crippen LogP contribution is -2.29. The number of aldehydes is 1. The van der Waals surface area contributed by atoms with Crippen LogP contribution >= 0.6 is 11.3 Å². The predicted octanol–water partition coefficient (Wildman–Crippen LogP) is 4.01. The van der Waals surface area contributed by atoms with E-state index in [0.29, 0.717) is 21.4 Å². The molecule has 2 aliphatic heterocycles. The number of aromatic nitrogens is 1. The summed E-state index contributed by atoms with van der Waals surface area (Å²) in [5.74, 6) is 0.302. The van der Waals surface area contributed by atoms with Crippen LogP contribution in [0.2, 0.25) is 0 Å². The molecular weight excluding hydrogens is 378 g/mol. The first-order chi connectivity index (χ1) is 13.5. The highest BCUT2D eigenvalue weighted by Gasteiger charge is 2.59. The third-order valence-electron chi connectivity index (χ3n) is 5.97. The number of fused-ring (bicyclic) bond motifs is 5. The number of allylic oxidation sites excluding steroid dienone is 1. The van der Waals surface area contributed by atoms with E-state index in [4.69, 9.17) is 9.47 Å². The number of aliphatic hydroxyl groups is 1. The molecule has 1 N–H and O–H groups in total. The summed E-state index contributed by atoms with van der Waals surface area (Å²) < 4.78 is 11.6. The van der Waals surface area contributed by atoms with Crippen LogP contribution in [0.1, 0.15) is 39.2 Å². The van der Waals surface area contributed by atoms with E-state index >= 15 is 0 Å². The zero-order valence-electron chi connectivity index (χ0n) is 15.5. The van der Waals surface area contributed by atoms with Crippen molar-refractivity contribution in [2.75, 3.05) is 0 Å². The Bertz CT molecular complexity index is 1020. The van der Waals surface area contributed by atoms with E-state index in [1.807, 2.05) is 26.0 Å². The average molecular weight is 397 g/mol. The van der Waals surface area contributed by atoms with Crippen LogP contribution in [-0.2, 0) is 9.53 Å². The third kappa shape index (κ3) is 2.46. The summed E-state index contributed by atoms with van der Waals surface area (Å²) in [5, 5.41) is 11.3. The van der Waals surface area contributed by atoms with Crippen molar-refractivity contribution in [1.82, 2.24) is 4.98 Å². The largest absolute Gasteiger partial charge is 0.511 e. The second-order valence-electron chi connectivity index (χ2n) is 7.65. The highest BCUT2D eigenvalue weighted by atomic mass is 32.1. The number of thiazole rings is 1. The van der Waals surface area contributed by atoms with Crippen molar-refractivity contribution >= 4 is 29.0 Å². The van der Waals surface area contributed by atoms with Crippen molar-refractivity contribution in [2.45, 2.75) is 38.9 Å². The molecule has 0 radical (unpaired) electrons. The minimum Gasteiger partial charge on any atom is -0.511 e. The van der Waals surface area contributed by atoms with E-state index in [9.17, 15) is 14.7 Å². The molecule has 144 valence electrons. The number of rotatable bonds is 4. The summed E-state index contributed by atoms with van der Waals surface area (Å²) >= 11 is 1.17. The summed E-state index contributed by atoms with van der Waals surface area (Å²) in [6.07, 6.45) is 3.88.